The third-order valence-electron chi connectivity index (χ3n) is 3.86. The number of aryl methyl sites for hydroxylation is 2. The van der Waals surface area contributed by atoms with E-state index in [0.717, 1.165) is 29.8 Å². The monoisotopic (exact) mass is 318 g/mol. The highest BCUT2D eigenvalue weighted by atomic mass is 16.5. The lowest BCUT2D eigenvalue weighted by atomic mass is 10.1. The molecular weight excluding hydrogens is 300 g/mol. The average Bonchev–Trinajstić information content (AvgIpc) is 3.05. The molecule has 0 aliphatic carbocycles. The Labute approximate surface area is 141 Å². The Morgan fingerprint density at radius 3 is 2.71 bits per heavy atom. The quantitative estimate of drug-likeness (QED) is 0.698. The average molecular weight is 318 g/mol. The highest BCUT2D eigenvalue weighted by molar-refractivity contribution is 5.66. The number of nitrogens with zero attached hydrogens (tertiary/aromatic N) is 4. The van der Waals surface area contributed by atoms with E-state index in [0.29, 0.717) is 12.2 Å². The normalized spacial score (nSPS) is 10.3. The molecule has 5 heteroatoms. The van der Waals surface area contributed by atoms with Crippen molar-refractivity contribution < 1.29 is 4.74 Å². The van der Waals surface area contributed by atoms with Crippen LogP contribution in [0.5, 0.6) is 5.75 Å². The van der Waals surface area contributed by atoms with Gasteiger partial charge in [-0.15, -0.1) is 5.10 Å². The van der Waals surface area contributed by atoms with Gasteiger partial charge in [0.05, 0.1) is 7.11 Å². The van der Waals surface area contributed by atoms with Gasteiger partial charge in [-0.05, 0) is 30.5 Å². The van der Waals surface area contributed by atoms with Gasteiger partial charge in [0.2, 0.25) is 0 Å². The van der Waals surface area contributed by atoms with Crippen LogP contribution in [0.3, 0.4) is 0 Å². The maximum Gasteiger partial charge on any atom is 0.190 e. The Morgan fingerprint density at radius 2 is 1.96 bits per heavy atom. The van der Waals surface area contributed by atoms with Crippen LogP contribution in [-0.4, -0.2) is 22.1 Å². The lowest BCUT2D eigenvalue weighted by Crippen LogP contribution is -2.04. The van der Waals surface area contributed by atoms with E-state index in [1.807, 2.05) is 42.5 Å². The van der Waals surface area contributed by atoms with E-state index in [-0.39, 0.29) is 0 Å². The summed E-state index contributed by atoms with van der Waals surface area (Å²) in [4.78, 5) is 0. The molecule has 3 aromatic rings. The number of rotatable bonds is 6. The van der Waals surface area contributed by atoms with Gasteiger partial charge in [0.25, 0.3) is 0 Å². The first-order valence-electron chi connectivity index (χ1n) is 7.84. The Bertz CT molecular complexity index is 849. The number of hydrogen-bond donors (Lipinski definition) is 0. The Hall–Kier alpha value is -3.13. The third kappa shape index (κ3) is 3.44. The molecule has 0 radical (unpaired) electrons. The summed E-state index contributed by atoms with van der Waals surface area (Å²) in [7, 11) is 1.62. The predicted molar refractivity (Wildman–Crippen MR) is 91.5 cm³/mol. The molecular formula is C19H18N4O. The molecule has 0 unspecified atom stereocenters. The molecule has 0 spiro atoms. The van der Waals surface area contributed by atoms with Crippen LogP contribution in [0.4, 0.5) is 0 Å². The van der Waals surface area contributed by atoms with Crippen LogP contribution < -0.4 is 4.74 Å². The first kappa shape index (κ1) is 15.8. The van der Waals surface area contributed by atoms with Crippen LogP contribution in [0, 0.1) is 11.3 Å². The van der Waals surface area contributed by atoms with Gasteiger partial charge < -0.3 is 4.74 Å². The first-order valence-corrected chi connectivity index (χ1v) is 7.84. The van der Waals surface area contributed by atoms with E-state index in [1.54, 1.807) is 11.8 Å². The SMILES string of the molecule is COc1cccc(-c2c(C#N)nnn2CCCc2ccccc2)c1. The molecule has 0 amide bonds. The molecule has 3 rings (SSSR count). The van der Waals surface area contributed by atoms with Crippen LogP contribution >= 0.6 is 0 Å². The minimum Gasteiger partial charge on any atom is -0.497 e. The summed E-state index contributed by atoms with van der Waals surface area (Å²) in [5, 5.41) is 17.5. The zero-order valence-corrected chi connectivity index (χ0v) is 13.5. The van der Waals surface area contributed by atoms with Crippen LogP contribution in [0.2, 0.25) is 0 Å². The van der Waals surface area contributed by atoms with E-state index in [2.05, 4.69) is 28.5 Å². The lowest BCUT2D eigenvalue weighted by molar-refractivity contribution is 0.415. The molecule has 24 heavy (non-hydrogen) atoms. The number of benzene rings is 2. The van der Waals surface area contributed by atoms with E-state index in [9.17, 15) is 5.26 Å². The van der Waals surface area contributed by atoms with Crippen LogP contribution in [0.1, 0.15) is 17.7 Å². The molecule has 0 atom stereocenters. The zero-order valence-electron chi connectivity index (χ0n) is 13.5. The van der Waals surface area contributed by atoms with Crippen molar-refractivity contribution in [1.29, 1.82) is 5.26 Å². The van der Waals surface area contributed by atoms with Crippen molar-refractivity contribution in [2.24, 2.45) is 0 Å². The standard InChI is InChI=1S/C19H18N4O/c1-24-17-11-5-10-16(13-17)19-18(14-20)21-22-23(19)12-6-9-15-7-3-2-4-8-15/h2-5,7-8,10-11,13H,6,9,12H2,1H3. The maximum absolute atomic E-state index is 9.33. The van der Waals surface area contributed by atoms with Crippen molar-refractivity contribution in [3.63, 3.8) is 0 Å². The summed E-state index contributed by atoms with van der Waals surface area (Å²) in [6, 6.07) is 20.1. The minimum absolute atomic E-state index is 0.336. The van der Waals surface area contributed by atoms with E-state index in [1.165, 1.54) is 5.56 Å². The molecule has 1 heterocycles. The van der Waals surface area contributed by atoms with Gasteiger partial charge in [-0.1, -0.05) is 47.7 Å². The summed E-state index contributed by atoms with van der Waals surface area (Å²) < 4.78 is 7.07. The summed E-state index contributed by atoms with van der Waals surface area (Å²) in [6.45, 7) is 0.704. The topological polar surface area (TPSA) is 63.7 Å². The third-order valence-corrected chi connectivity index (χ3v) is 3.86. The Kier molecular flexibility index (Phi) is 4.87. The molecule has 0 saturated heterocycles. The van der Waals surface area contributed by atoms with Gasteiger partial charge in [-0.25, -0.2) is 4.68 Å². The highest BCUT2D eigenvalue weighted by Gasteiger charge is 2.15. The number of nitriles is 1. The zero-order chi connectivity index (χ0) is 16.8. The van der Waals surface area contributed by atoms with Gasteiger partial charge >= 0.3 is 0 Å². The van der Waals surface area contributed by atoms with Crippen molar-refractivity contribution in [2.75, 3.05) is 7.11 Å². The van der Waals surface area contributed by atoms with Crippen molar-refractivity contribution >= 4 is 0 Å². The molecule has 0 bridgehead atoms. The number of aromatic nitrogens is 3. The van der Waals surface area contributed by atoms with Crippen LogP contribution in [-0.2, 0) is 13.0 Å². The summed E-state index contributed by atoms with van der Waals surface area (Å²) in [6.07, 6.45) is 1.88. The molecule has 0 aliphatic heterocycles. The van der Waals surface area contributed by atoms with E-state index in [4.69, 9.17) is 4.74 Å². The molecule has 0 fully saturated rings. The van der Waals surface area contributed by atoms with Crippen molar-refractivity contribution in [1.82, 2.24) is 15.0 Å². The molecule has 0 N–H and O–H groups in total. The summed E-state index contributed by atoms with van der Waals surface area (Å²) in [5.74, 6) is 0.744. The molecule has 120 valence electrons. The second-order valence-electron chi connectivity index (χ2n) is 5.44. The number of hydrogen-bond acceptors (Lipinski definition) is 4. The Balaban J connectivity index is 1.81. The van der Waals surface area contributed by atoms with Gasteiger partial charge in [0.1, 0.15) is 17.5 Å². The Morgan fingerprint density at radius 1 is 1.12 bits per heavy atom. The fraction of sp³-hybridized carbons (Fsp3) is 0.211. The van der Waals surface area contributed by atoms with Gasteiger partial charge in [0.15, 0.2) is 5.69 Å². The fourth-order valence-electron chi connectivity index (χ4n) is 2.68. The predicted octanol–water partition coefficient (Wildman–Crippen LogP) is 3.46. The van der Waals surface area contributed by atoms with E-state index < -0.39 is 0 Å². The first-order chi connectivity index (χ1) is 11.8. The van der Waals surface area contributed by atoms with Crippen molar-refractivity contribution in [3.05, 3.63) is 65.9 Å². The van der Waals surface area contributed by atoms with E-state index >= 15 is 0 Å². The maximum atomic E-state index is 9.33. The molecule has 0 saturated carbocycles. The second-order valence-corrected chi connectivity index (χ2v) is 5.44. The molecule has 2 aromatic carbocycles. The van der Waals surface area contributed by atoms with Gasteiger partial charge in [-0.2, -0.15) is 5.26 Å². The largest absolute Gasteiger partial charge is 0.497 e. The number of methoxy groups -OCH3 is 1. The smallest absolute Gasteiger partial charge is 0.190 e. The van der Waals surface area contributed by atoms with Crippen LogP contribution in [0.15, 0.2) is 54.6 Å². The minimum atomic E-state index is 0.336. The second kappa shape index (κ2) is 7.42. The van der Waals surface area contributed by atoms with Crippen molar-refractivity contribution in [2.45, 2.75) is 19.4 Å². The van der Waals surface area contributed by atoms with Gasteiger partial charge in [-0.3, -0.25) is 0 Å². The fourth-order valence-corrected chi connectivity index (χ4v) is 2.68. The molecule has 5 nitrogen and oxygen atoms in total. The lowest BCUT2D eigenvalue weighted by Gasteiger charge is -2.08. The summed E-state index contributed by atoms with van der Waals surface area (Å²) >= 11 is 0. The summed E-state index contributed by atoms with van der Waals surface area (Å²) in [5.41, 5.74) is 3.25. The van der Waals surface area contributed by atoms with Gasteiger partial charge in [0, 0.05) is 12.1 Å². The van der Waals surface area contributed by atoms with Crippen LogP contribution in [0.25, 0.3) is 11.3 Å². The highest BCUT2D eigenvalue weighted by Crippen LogP contribution is 2.26. The molecule has 0 aliphatic rings. The molecule has 1 aromatic heterocycles. The van der Waals surface area contributed by atoms with Crippen molar-refractivity contribution in [3.8, 4) is 23.1 Å². The number of ether oxygens (including phenoxy) is 1.